The second kappa shape index (κ2) is 22.4. The molecule has 4 rings (SSSR count). The minimum Gasteiger partial charge on any atom is -0.399 e. The molecule has 5 N–H and O–H groups in total. The van der Waals surface area contributed by atoms with Crippen LogP contribution in [0.25, 0.3) is 5.69 Å². The minimum absolute atomic E-state index is 0. The number of hydrogen-bond donors (Lipinski definition) is 3. The number of anilines is 2. The molecule has 0 aliphatic rings. The zero-order valence-corrected chi connectivity index (χ0v) is 35.4. The van der Waals surface area contributed by atoms with Gasteiger partial charge in [-0.3, -0.25) is 0 Å². The molecule has 0 spiro atoms. The fourth-order valence-electron chi connectivity index (χ4n) is 2.61. The van der Waals surface area contributed by atoms with Crippen LogP contribution in [0.5, 0.6) is 0 Å². The number of H-pyrrole nitrogens is 1. The van der Waals surface area contributed by atoms with Crippen LogP contribution in [0.2, 0.25) is 0 Å². The van der Waals surface area contributed by atoms with E-state index in [4.69, 9.17) is 11.5 Å². The van der Waals surface area contributed by atoms with E-state index in [-0.39, 0.29) is 35.4 Å². The number of rotatable bonds is 1. The van der Waals surface area contributed by atoms with E-state index in [9.17, 15) is 26.3 Å². The fraction of sp³-hybridized carbons (Fsp3) is 0.182. The van der Waals surface area contributed by atoms with Crippen LogP contribution < -0.4 is 24.7 Å². The van der Waals surface area contributed by atoms with Crippen molar-refractivity contribution in [2.75, 3.05) is 11.5 Å². The Kier molecular flexibility index (Phi) is 24.1. The van der Waals surface area contributed by atoms with Crippen molar-refractivity contribution < 1.29 is 39.6 Å². The molecule has 2 heterocycles. The van der Waals surface area contributed by atoms with Crippen LogP contribution in [-0.4, -0.2) is 19.5 Å². The van der Waals surface area contributed by atoms with E-state index in [2.05, 4.69) is 105 Å². The minimum atomic E-state index is -4.40. The molecule has 0 aliphatic carbocycles. The van der Waals surface area contributed by atoms with E-state index < -0.39 is 23.5 Å². The van der Waals surface area contributed by atoms with Crippen molar-refractivity contribution in [3.63, 3.8) is 0 Å². The number of nitrogens with one attached hydrogen (secondary N) is 1. The van der Waals surface area contributed by atoms with Gasteiger partial charge >= 0.3 is 62.8 Å². The molecule has 0 saturated heterocycles. The smallest absolute Gasteiger partial charge is 0.399 e. The molecule has 0 bridgehead atoms. The predicted molar refractivity (Wildman–Crippen MR) is 196 cm³/mol. The van der Waals surface area contributed by atoms with Gasteiger partial charge in [-0.1, -0.05) is 15.9 Å². The number of aryl methyl sites for hydroxylation is 2. The summed E-state index contributed by atoms with van der Waals surface area (Å²) in [6.45, 7) is 3.72. The summed E-state index contributed by atoms with van der Waals surface area (Å²) in [5.41, 5.74) is 11.5. The van der Waals surface area contributed by atoms with E-state index in [0.29, 0.717) is 23.4 Å². The van der Waals surface area contributed by atoms with Gasteiger partial charge in [-0.25, -0.2) is 9.97 Å². The van der Waals surface area contributed by atoms with Crippen LogP contribution in [0.15, 0.2) is 65.9 Å². The number of nitrogens with zero attached hydrogens (tertiary/aromatic N) is 3. The number of aromatic amines is 1. The van der Waals surface area contributed by atoms with Crippen LogP contribution in [0.3, 0.4) is 0 Å². The Balaban J connectivity index is 0. The molecule has 0 fully saturated rings. The first-order valence-electron chi connectivity index (χ1n) is 10.1. The van der Waals surface area contributed by atoms with Gasteiger partial charge < -0.3 is 21.0 Å². The van der Waals surface area contributed by atoms with Gasteiger partial charge in [0, 0.05) is 76.9 Å². The molecule has 2 aromatic heterocycles. The number of nitrogens with two attached hydrogens (primary N) is 2. The van der Waals surface area contributed by atoms with E-state index in [0.717, 1.165) is 35.7 Å². The third-order valence-corrected chi connectivity index (χ3v) is 4.62. The van der Waals surface area contributed by atoms with Gasteiger partial charge in [0.05, 0.1) is 29.5 Å². The molecule has 0 aliphatic heterocycles. The molecule has 0 unspecified atom stereocenters. The SMILES string of the molecule is Cc1cn(-c2cc(N)cc(C(F)(F)F)c2)cn1.Cc1cnc[nH]1.I.II.I[I-]I.Nc1cc(Br)cc(C(F)(F)F)c1. The zero-order chi connectivity index (χ0) is 31.1. The Morgan fingerprint density at radius 1 is 0.878 bits per heavy atom. The Morgan fingerprint density at radius 3 is 1.71 bits per heavy atom. The van der Waals surface area contributed by atoms with Crippen molar-refractivity contribution in [1.29, 1.82) is 0 Å². The van der Waals surface area contributed by atoms with Gasteiger partial charge in [0.2, 0.25) is 0 Å². The summed E-state index contributed by atoms with van der Waals surface area (Å²) in [5.74, 6) is 0. The number of imidazole rings is 2. The number of nitrogen functional groups attached to an aromatic ring is 2. The topological polar surface area (TPSA) is 98.5 Å². The normalized spacial score (nSPS) is 10.3. The van der Waals surface area contributed by atoms with Crippen molar-refractivity contribution in [3.8, 4) is 5.69 Å². The largest absolute Gasteiger partial charge is 0.416 e. The summed E-state index contributed by atoms with van der Waals surface area (Å²) < 4.78 is 75.8. The first-order chi connectivity index (χ1) is 18.6. The van der Waals surface area contributed by atoms with E-state index in [1.165, 1.54) is 23.0 Å². The molecule has 2 aromatic carbocycles. The first-order valence-corrected chi connectivity index (χ1v) is 29.8. The molecule has 41 heavy (non-hydrogen) atoms. The van der Waals surface area contributed by atoms with Gasteiger partial charge in [0.15, 0.2) is 0 Å². The molecule has 232 valence electrons. The van der Waals surface area contributed by atoms with Gasteiger partial charge in [-0.15, -0.1) is 24.0 Å². The molecular formula is C22H22BrF6I6N6-. The van der Waals surface area contributed by atoms with Crippen molar-refractivity contribution in [2.24, 2.45) is 0 Å². The first kappa shape index (κ1) is 44.0. The maximum absolute atomic E-state index is 12.6. The van der Waals surface area contributed by atoms with Gasteiger partial charge in [0.1, 0.15) is 0 Å². The van der Waals surface area contributed by atoms with Crippen LogP contribution in [0, 0.1) is 13.8 Å². The van der Waals surface area contributed by atoms with Crippen molar-refractivity contribution in [3.05, 3.63) is 88.4 Å². The van der Waals surface area contributed by atoms with Crippen molar-refractivity contribution in [1.82, 2.24) is 19.5 Å². The summed E-state index contributed by atoms with van der Waals surface area (Å²) in [6, 6.07) is 6.71. The standard InChI is InChI=1S/C11H10F3N3.C7H5BrF3N.C4H6N2.I3.I2.HI/c1-7-5-17(6-16-7)10-3-8(11(12,13)14)2-9(15)4-10;8-5-1-4(7(9,10)11)2-6(12)3-5;1-4-2-5-3-6-4;1-3-2;1-2;/h2-6H,15H2,1H3;1-3H,12H2;2-3H,1H3,(H,5,6);;;1H/q;;;-1;;. The molecule has 6 nitrogen and oxygen atoms in total. The molecular weight excluding hydrogens is 1300 g/mol. The summed E-state index contributed by atoms with van der Waals surface area (Å²) in [7, 11) is 0. The molecule has 0 saturated carbocycles. The Hall–Kier alpha value is 0.900. The molecule has 0 radical (unpaired) electrons. The number of hydrogen-bond acceptors (Lipinski definition) is 4. The monoisotopic (exact) mass is 1320 g/mol. The average molecular weight is 1330 g/mol. The Bertz CT molecular complexity index is 1250. The predicted octanol–water partition coefficient (Wildman–Crippen LogP) is 7.71. The number of alkyl halides is 6. The third kappa shape index (κ3) is 19.1. The molecule has 4 aromatic rings. The maximum Gasteiger partial charge on any atom is 0.416 e. The Labute approximate surface area is 311 Å². The maximum atomic E-state index is 12.6. The Morgan fingerprint density at radius 2 is 1.37 bits per heavy atom. The second-order valence-corrected chi connectivity index (χ2v) is 24.5. The van der Waals surface area contributed by atoms with Crippen molar-refractivity contribution >= 4 is 126 Å². The van der Waals surface area contributed by atoms with Gasteiger partial charge in [-0.05, 0) is 50.2 Å². The van der Waals surface area contributed by atoms with Gasteiger partial charge in [0.25, 0.3) is 0 Å². The summed E-state index contributed by atoms with van der Waals surface area (Å²) in [4.78, 5) is 10.6. The van der Waals surface area contributed by atoms with Gasteiger partial charge in [-0.2, -0.15) is 26.3 Å². The summed E-state index contributed by atoms with van der Waals surface area (Å²) in [6.07, 6.45) is -2.22. The molecule has 0 amide bonds. The van der Waals surface area contributed by atoms with E-state index in [1.807, 2.05) is 6.92 Å². The zero-order valence-electron chi connectivity index (χ0n) is 20.7. The van der Waals surface area contributed by atoms with E-state index in [1.54, 1.807) is 25.6 Å². The summed E-state index contributed by atoms with van der Waals surface area (Å²) in [5, 5.41) is 0. The van der Waals surface area contributed by atoms with Crippen LogP contribution in [-0.2, 0) is 12.4 Å². The summed E-state index contributed by atoms with van der Waals surface area (Å²) >= 11 is 12.5. The van der Waals surface area contributed by atoms with Crippen molar-refractivity contribution in [2.45, 2.75) is 26.2 Å². The number of halogens is 13. The average Bonchev–Trinajstić information content (AvgIpc) is 3.51. The third-order valence-electron chi connectivity index (χ3n) is 4.16. The number of benzene rings is 2. The molecule has 0 atom stereocenters. The molecule has 19 heteroatoms. The quantitative estimate of drug-likeness (QED) is 0.103. The second-order valence-electron chi connectivity index (χ2n) is 7.29. The van der Waals surface area contributed by atoms with Crippen LogP contribution in [0.4, 0.5) is 37.7 Å². The van der Waals surface area contributed by atoms with Crippen LogP contribution >= 0.6 is 114 Å². The van der Waals surface area contributed by atoms with Crippen LogP contribution in [0.1, 0.15) is 22.5 Å². The number of aromatic nitrogens is 4. The van der Waals surface area contributed by atoms with E-state index >= 15 is 0 Å². The fourth-order valence-corrected chi connectivity index (χ4v) is 3.12.